The fourth-order valence-electron chi connectivity index (χ4n) is 2.32. The minimum Gasteiger partial charge on any atom is -0.399 e. The lowest BCUT2D eigenvalue weighted by Gasteiger charge is -2.31. The Morgan fingerprint density at radius 1 is 1.56 bits per heavy atom. The molecule has 0 spiro atoms. The standard InChI is InChI=1S/C13H18N4S/c1-2-10-8-17(5-6-18-10)13-15-11-4-3-9(14)7-12(11)16-13/h3-4,7,10H,2,5-6,8,14H2,1H3,(H,15,16). The van der Waals surface area contributed by atoms with Crippen LogP contribution in [0.1, 0.15) is 13.3 Å². The van der Waals surface area contributed by atoms with Crippen molar-refractivity contribution in [1.29, 1.82) is 0 Å². The Morgan fingerprint density at radius 2 is 2.44 bits per heavy atom. The molecule has 3 N–H and O–H groups in total. The van der Waals surface area contributed by atoms with Crippen LogP contribution in [0.5, 0.6) is 0 Å². The van der Waals surface area contributed by atoms with Gasteiger partial charge < -0.3 is 15.6 Å². The van der Waals surface area contributed by atoms with E-state index in [9.17, 15) is 0 Å². The van der Waals surface area contributed by atoms with Gasteiger partial charge in [-0.1, -0.05) is 6.92 Å². The van der Waals surface area contributed by atoms with E-state index in [4.69, 9.17) is 5.73 Å². The molecule has 1 atom stereocenters. The zero-order valence-electron chi connectivity index (χ0n) is 10.5. The second kappa shape index (κ2) is 4.72. The largest absolute Gasteiger partial charge is 0.399 e. The van der Waals surface area contributed by atoms with Gasteiger partial charge in [0.05, 0.1) is 11.0 Å². The molecule has 0 aliphatic carbocycles. The Bertz CT molecular complexity index is 551. The summed E-state index contributed by atoms with van der Waals surface area (Å²) in [4.78, 5) is 10.4. The Hall–Kier alpha value is -1.36. The maximum Gasteiger partial charge on any atom is 0.203 e. The third-order valence-electron chi connectivity index (χ3n) is 3.39. The molecule has 1 unspecified atom stereocenters. The summed E-state index contributed by atoms with van der Waals surface area (Å²) in [5.74, 6) is 2.16. The minimum atomic E-state index is 0.719. The fraction of sp³-hybridized carbons (Fsp3) is 0.462. The van der Waals surface area contributed by atoms with Crippen LogP contribution in [0.25, 0.3) is 11.0 Å². The summed E-state index contributed by atoms with van der Waals surface area (Å²) in [6.45, 7) is 4.40. The number of nitrogens with one attached hydrogen (secondary N) is 1. The highest BCUT2D eigenvalue weighted by molar-refractivity contribution is 8.00. The highest BCUT2D eigenvalue weighted by atomic mass is 32.2. The van der Waals surface area contributed by atoms with E-state index in [-0.39, 0.29) is 0 Å². The van der Waals surface area contributed by atoms with Crippen LogP contribution in [0.2, 0.25) is 0 Å². The molecule has 3 rings (SSSR count). The lowest BCUT2D eigenvalue weighted by molar-refractivity contribution is 0.715. The van der Waals surface area contributed by atoms with Crippen molar-refractivity contribution in [2.24, 2.45) is 0 Å². The first-order chi connectivity index (χ1) is 8.76. The number of benzene rings is 1. The Balaban J connectivity index is 1.89. The smallest absolute Gasteiger partial charge is 0.203 e. The molecular weight excluding hydrogens is 244 g/mol. The van der Waals surface area contributed by atoms with E-state index >= 15 is 0 Å². The van der Waals surface area contributed by atoms with Gasteiger partial charge in [0.1, 0.15) is 0 Å². The fourth-order valence-corrected chi connectivity index (χ4v) is 3.50. The van der Waals surface area contributed by atoms with Gasteiger partial charge in [-0.15, -0.1) is 0 Å². The Kier molecular flexibility index (Phi) is 3.07. The number of H-pyrrole nitrogens is 1. The number of nitrogens with zero attached hydrogens (tertiary/aromatic N) is 2. The number of anilines is 2. The number of imidazole rings is 1. The van der Waals surface area contributed by atoms with Crippen LogP contribution in [0.3, 0.4) is 0 Å². The van der Waals surface area contributed by atoms with Crippen molar-refractivity contribution in [2.45, 2.75) is 18.6 Å². The number of rotatable bonds is 2. The van der Waals surface area contributed by atoms with Gasteiger partial charge in [-0.05, 0) is 24.6 Å². The van der Waals surface area contributed by atoms with Gasteiger partial charge in [-0.2, -0.15) is 11.8 Å². The molecule has 1 aliphatic heterocycles. The number of aromatic nitrogens is 2. The summed E-state index contributed by atoms with van der Waals surface area (Å²) >= 11 is 2.07. The molecular formula is C13H18N4S. The lowest BCUT2D eigenvalue weighted by Crippen LogP contribution is -2.38. The number of nitrogen functional groups attached to an aromatic ring is 1. The van der Waals surface area contributed by atoms with Crippen molar-refractivity contribution in [3.63, 3.8) is 0 Å². The number of nitrogens with two attached hydrogens (primary N) is 1. The summed E-state index contributed by atoms with van der Waals surface area (Å²) in [6, 6.07) is 5.82. The van der Waals surface area contributed by atoms with Crippen LogP contribution in [0.4, 0.5) is 11.6 Å². The van der Waals surface area contributed by atoms with Crippen LogP contribution in [-0.2, 0) is 0 Å². The van der Waals surface area contributed by atoms with Crippen molar-refractivity contribution in [2.75, 3.05) is 29.5 Å². The molecule has 0 saturated carbocycles. The molecule has 96 valence electrons. The number of aromatic amines is 1. The Morgan fingerprint density at radius 3 is 3.28 bits per heavy atom. The molecule has 1 saturated heterocycles. The molecule has 0 radical (unpaired) electrons. The van der Waals surface area contributed by atoms with E-state index in [1.54, 1.807) is 0 Å². The first kappa shape index (κ1) is 11.7. The van der Waals surface area contributed by atoms with Crippen molar-refractivity contribution in [3.8, 4) is 0 Å². The van der Waals surface area contributed by atoms with Crippen LogP contribution in [-0.4, -0.2) is 34.1 Å². The highest BCUT2D eigenvalue weighted by Crippen LogP contribution is 2.26. The molecule has 1 aromatic heterocycles. The SMILES string of the molecule is CCC1CN(c2nc3ccc(N)cc3[nH]2)CCS1. The average molecular weight is 262 g/mol. The maximum absolute atomic E-state index is 5.79. The van der Waals surface area contributed by atoms with E-state index in [0.717, 1.165) is 41.0 Å². The van der Waals surface area contributed by atoms with Crippen molar-refractivity contribution in [3.05, 3.63) is 18.2 Å². The van der Waals surface area contributed by atoms with E-state index in [0.29, 0.717) is 0 Å². The molecule has 2 aromatic rings. The van der Waals surface area contributed by atoms with Crippen molar-refractivity contribution < 1.29 is 0 Å². The van der Waals surface area contributed by atoms with Crippen LogP contribution >= 0.6 is 11.8 Å². The van der Waals surface area contributed by atoms with Gasteiger partial charge in [0.2, 0.25) is 5.95 Å². The summed E-state index contributed by atoms with van der Waals surface area (Å²) in [6.07, 6.45) is 1.22. The molecule has 18 heavy (non-hydrogen) atoms. The maximum atomic E-state index is 5.79. The summed E-state index contributed by atoms with van der Waals surface area (Å²) in [5, 5.41) is 0.719. The minimum absolute atomic E-state index is 0.719. The molecule has 0 bridgehead atoms. The van der Waals surface area contributed by atoms with E-state index in [1.165, 1.54) is 12.2 Å². The van der Waals surface area contributed by atoms with Crippen LogP contribution in [0.15, 0.2) is 18.2 Å². The predicted octanol–water partition coefficient (Wildman–Crippen LogP) is 2.48. The van der Waals surface area contributed by atoms with Gasteiger partial charge in [-0.3, -0.25) is 0 Å². The highest BCUT2D eigenvalue weighted by Gasteiger charge is 2.21. The third-order valence-corrected chi connectivity index (χ3v) is 4.76. The average Bonchev–Trinajstić information content (AvgIpc) is 2.81. The zero-order chi connectivity index (χ0) is 12.5. The van der Waals surface area contributed by atoms with Crippen LogP contribution < -0.4 is 10.6 Å². The number of hydrogen-bond donors (Lipinski definition) is 2. The third kappa shape index (κ3) is 2.14. The lowest BCUT2D eigenvalue weighted by atomic mass is 10.3. The first-order valence-corrected chi connectivity index (χ1v) is 7.43. The quantitative estimate of drug-likeness (QED) is 0.816. The zero-order valence-corrected chi connectivity index (χ0v) is 11.3. The van der Waals surface area contributed by atoms with Gasteiger partial charge in [0.15, 0.2) is 0 Å². The molecule has 4 nitrogen and oxygen atoms in total. The second-order valence-corrected chi connectivity index (χ2v) is 6.09. The van der Waals surface area contributed by atoms with Crippen molar-refractivity contribution >= 4 is 34.4 Å². The second-order valence-electron chi connectivity index (χ2n) is 4.68. The van der Waals surface area contributed by atoms with Gasteiger partial charge in [0, 0.05) is 29.8 Å². The molecule has 1 fully saturated rings. The monoisotopic (exact) mass is 262 g/mol. The van der Waals surface area contributed by atoms with Gasteiger partial charge in [0.25, 0.3) is 0 Å². The number of hydrogen-bond acceptors (Lipinski definition) is 4. The van der Waals surface area contributed by atoms with Crippen LogP contribution in [0, 0.1) is 0 Å². The van der Waals surface area contributed by atoms with E-state index < -0.39 is 0 Å². The topological polar surface area (TPSA) is 57.9 Å². The van der Waals surface area contributed by atoms with E-state index in [1.807, 2.05) is 18.2 Å². The normalized spacial score (nSPS) is 20.5. The molecule has 1 aromatic carbocycles. The molecule has 5 heteroatoms. The molecule has 2 heterocycles. The van der Waals surface area contributed by atoms with Gasteiger partial charge in [-0.25, -0.2) is 4.98 Å². The van der Waals surface area contributed by atoms with Gasteiger partial charge >= 0.3 is 0 Å². The molecule has 0 amide bonds. The summed E-state index contributed by atoms with van der Waals surface area (Å²) < 4.78 is 0. The Labute approximate surface area is 111 Å². The number of fused-ring (bicyclic) bond motifs is 1. The predicted molar refractivity (Wildman–Crippen MR) is 79.3 cm³/mol. The first-order valence-electron chi connectivity index (χ1n) is 6.38. The van der Waals surface area contributed by atoms with Crippen molar-refractivity contribution in [1.82, 2.24) is 9.97 Å². The van der Waals surface area contributed by atoms with E-state index in [2.05, 4.69) is 33.6 Å². The summed E-state index contributed by atoms with van der Waals surface area (Å²) in [5.41, 5.74) is 8.58. The molecule has 1 aliphatic rings. The summed E-state index contributed by atoms with van der Waals surface area (Å²) in [7, 11) is 0. The number of thioether (sulfide) groups is 1.